The molecule has 0 saturated carbocycles. The van der Waals surface area contributed by atoms with E-state index in [0.717, 1.165) is 28.7 Å². The summed E-state index contributed by atoms with van der Waals surface area (Å²) in [6, 6.07) is 20.2. The van der Waals surface area contributed by atoms with Gasteiger partial charge in [0.15, 0.2) is 0 Å². The van der Waals surface area contributed by atoms with E-state index in [-0.39, 0.29) is 12.1 Å². The molecule has 32 heavy (non-hydrogen) atoms. The Labute approximate surface area is 189 Å². The lowest BCUT2D eigenvalue weighted by Crippen LogP contribution is -2.57. The van der Waals surface area contributed by atoms with E-state index in [1.807, 2.05) is 86.5 Å². The number of carbonyl (C=O) groups is 1. The summed E-state index contributed by atoms with van der Waals surface area (Å²) in [5.41, 5.74) is 2.68. The quantitative estimate of drug-likeness (QED) is 0.574. The van der Waals surface area contributed by atoms with Gasteiger partial charge in [-0.3, -0.25) is 9.88 Å². The van der Waals surface area contributed by atoms with Crippen LogP contribution in [-0.4, -0.2) is 53.9 Å². The van der Waals surface area contributed by atoms with Crippen molar-refractivity contribution in [2.75, 3.05) is 31.1 Å². The molecule has 1 unspecified atom stereocenters. The Morgan fingerprint density at radius 1 is 1.03 bits per heavy atom. The van der Waals surface area contributed by atoms with Crippen LogP contribution in [-0.2, 0) is 16.1 Å². The number of nitrogens with zero attached hydrogens (tertiary/aromatic N) is 3. The Balaban J connectivity index is 1.52. The van der Waals surface area contributed by atoms with Crippen molar-refractivity contribution in [3.05, 3.63) is 72.4 Å². The van der Waals surface area contributed by atoms with Crippen molar-refractivity contribution < 1.29 is 14.3 Å². The maximum Gasteiger partial charge on any atom is 0.410 e. The second kappa shape index (κ2) is 9.57. The highest BCUT2D eigenvalue weighted by atomic mass is 16.6. The molecule has 2 aromatic carbocycles. The molecule has 1 amide bonds. The summed E-state index contributed by atoms with van der Waals surface area (Å²) < 4.78 is 11.7. The van der Waals surface area contributed by atoms with Gasteiger partial charge < -0.3 is 14.4 Å². The van der Waals surface area contributed by atoms with E-state index in [0.29, 0.717) is 26.3 Å². The number of hydrogen-bond donors (Lipinski definition) is 0. The number of rotatable bonds is 5. The number of aromatic nitrogens is 1. The van der Waals surface area contributed by atoms with Crippen LogP contribution in [0.4, 0.5) is 10.5 Å². The lowest BCUT2D eigenvalue weighted by molar-refractivity contribution is -0.00367. The average Bonchev–Trinajstić information content (AvgIpc) is 2.78. The molecule has 0 bridgehead atoms. The van der Waals surface area contributed by atoms with Gasteiger partial charge >= 0.3 is 6.09 Å². The van der Waals surface area contributed by atoms with Crippen LogP contribution in [0.3, 0.4) is 0 Å². The number of carbonyl (C=O) groups excluding carboxylic acids is 1. The Morgan fingerprint density at radius 2 is 1.78 bits per heavy atom. The van der Waals surface area contributed by atoms with E-state index in [9.17, 15) is 4.79 Å². The molecule has 1 aliphatic heterocycles. The highest BCUT2D eigenvalue weighted by molar-refractivity contribution is 5.91. The maximum atomic E-state index is 12.9. The van der Waals surface area contributed by atoms with Crippen LogP contribution >= 0.6 is 0 Å². The van der Waals surface area contributed by atoms with Gasteiger partial charge in [-0.2, -0.15) is 0 Å². The molecule has 6 nitrogen and oxygen atoms in total. The molecule has 1 saturated heterocycles. The fourth-order valence-corrected chi connectivity index (χ4v) is 4.02. The smallest absolute Gasteiger partial charge is 0.410 e. The van der Waals surface area contributed by atoms with Gasteiger partial charge in [-0.15, -0.1) is 0 Å². The van der Waals surface area contributed by atoms with Crippen LogP contribution in [0.15, 0.2) is 66.9 Å². The van der Waals surface area contributed by atoms with Gasteiger partial charge in [0.1, 0.15) is 5.60 Å². The summed E-state index contributed by atoms with van der Waals surface area (Å²) >= 11 is 0. The minimum atomic E-state index is -0.537. The lowest BCUT2D eigenvalue weighted by atomic mass is 10.1. The van der Waals surface area contributed by atoms with Gasteiger partial charge in [0.05, 0.1) is 24.8 Å². The van der Waals surface area contributed by atoms with Crippen molar-refractivity contribution in [1.82, 2.24) is 9.88 Å². The molecule has 1 aliphatic rings. The predicted molar refractivity (Wildman–Crippen MR) is 127 cm³/mol. The third-order valence-electron chi connectivity index (χ3n) is 5.50. The molecule has 1 aromatic heterocycles. The SMILES string of the molecule is CC(C)(C)OC(=O)N1CCN(c2ccnc3ccccc23)CC1COCc1ccccc1. The number of piperazine rings is 1. The topological polar surface area (TPSA) is 54.9 Å². The van der Waals surface area contributed by atoms with Gasteiger partial charge in [-0.1, -0.05) is 48.5 Å². The van der Waals surface area contributed by atoms with E-state index < -0.39 is 5.60 Å². The molecule has 0 aliphatic carbocycles. The van der Waals surface area contributed by atoms with Crippen LogP contribution in [0.25, 0.3) is 10.9 Å². The van der Waals surface area contributed by atoms with Crippen molar-refractivity contribution in [3.8, 4) is 0 Å². The highest BCUT2D eigenvalue weighted by Gasteiger charge is 2.34. The zero-order valence-electron chi connectivity index (χ0n) is 19.0. The number of ether oxygens (including phenoxy) is 2. The molecule has 0 radical (unpaired) electrons. The molecular formula is C26H31N3O3. The Bertz CT molecular complexity index is 1040. The van der Waals surface area contributed by atoms with Gasteiger partial charge in [0.25, 0.3) is 0 Å². The van der Waals surface area contributed by atoms with Crippen LogP contribution in [0.1, 0.15) is 26.3 Å². The third kappa shape index (κ3) is 5.37. The van der Waals surface area contributed by atoms with Gasteiger partial charge in [-0.25, -0.2) is 4.79 Å². The minimum absolute atomic E-state index is 0.116. The first-order valence-corrected chi connectivity index (χ1v) is 11.1. The summed E-state index contributed by atoms with van der Waals surface area (Å²) in [4.78, 5) is 21.6. The Kier molecular flexibility index (Phi) is 6.61. The first kappa shape index (κ1) is 22.1. The third-order valence-corrected chi connectivity index (χ3v) is 5.50. The van der Waals surface area contributed by atoms with E-state index >= 15 is 0 Å². The van der Waals surface area contributed by atoms with Crippen molar-refractivity contribution in [1.29, 1.82) is 0 Å². The van der Waals surface area contributed by atoms with Crippen molar-refractivity contribution in [3.63, 3.8) is 0 Å². The normalized spacial score (nSPS) is 16.9. The zero-order chi connectivity index (χ0) is 22.6. The number of hydrogen-bond acceptors (Lipinski definition) is 5. The average molecular weight is 434 g/mol. The Morgan fingerprint density at radius 3 is 2.56 bits per heavy atom. The monoisotopic (exact) mass is 433 g/mol. The standard InChI is InChI=1S/C26H31N3O3/c1-26(2,3)32-25(30)29-16-15-28(24-13-14-27-23-12-8-7-11-22(23)24)17-21(29)19-31-18-20-9-5-4-6-10-20/h4-14,21H,15-19H2,1-3H3. The predicted octanol–water partition coefficient (Wildman–Crippen LogP) is 4.88. The molecule has 3 aromatic rings. The fraction of sp³-hybridized carbons (Fsp3) is 0.385. The molecule has 0 spiro atoms. The molecular weight excluding hydrogens is 402 g/mol. The highest BCUT2D eigenvalue weighted by Crippen LogP contribution is 2.28. The van der Waals surface area contributed by atoms with Gasteiger partial charge in [0.2, 0.25) is 0 Å². The van der Waals surface area contributed by atoms with E-state index in [1.54, 1.807) is 0 Å². The molecule has 168 valence electrons. The summed E-state index contributed by atoms with van der Waals surface area (Å²) in [7, 11) is 0. The van der Waals surface area contributed by atoms with Crippen LogP contribution in [0.5, 0.6) is 0 Å². The zero-order valence-corrected chi connectivity index (χ0v) is 19.0. The summed E-state index contributed by atoms with van der Waals surface area (Å²) in [5.74, 6) is 0. The van der Waals surface area contributed by atoms with E-state index in [1.165, 1.54) is 0 Å². The van der Waals surface area contributed by atoms with Crippen molar-refractivity contribution >= 4 is 22.7 Å². The summed E-state index contributed by atoms with van der Waals surface area (Å²) in [6.45, 7) is 8.60. The molecule has 6 heteroatoms. The molecule has 1 atom stereocenters. The number of para-hydroxylation sites is 1. The Hall–Kier alpha value is -3.12. The second-order valence-corrected chi connectivity index (χ2v) is 9.12. The number of anilines is 1. The largest absolute Gasteiger partial charge is 0.444 e. The molecule has 0 N–H and O–H groups in total. The molecule has 4 rings (SSSR count). The fourth-order valence-electron chi connectivity index (χ4n) is 4.02. The molecule has 1 fully saturated rings. The first-order chi connectivity index (χ1) is 15.4. The van der Waals surface area contributed by atoms with E-state index in [4.69, 9.17) is 9.47 Å². The minimum Gasteiger partial charge on any atom is -0.444 e. The van der Waals surface area contributed by atoms with Gasteiger partial charge in [-0.05, 0) is 38.5 Å². The number of fused-ring (bicyclic) bond motifs is 1. The second-order valence-electron chi connectivity index (χ2n) is 9.12. The van der Waals surface area contributed by atoms with Crippen molar-refractivity contribution in [2.45, 2.75) is 39.0 Å². The number of benzene rings is 2. The van der Waals surface area contributed by atoms with Gasteiger partial charge in [0, 0.05) is 36.9 Å². The summed E-state index contributed by atoms with van der Waals surface area (Å²) in [5, 5.41) is 1.12. The van der Waals surface area contributed by atoms with Crippen LogP contribution in [0.2, 0.25) is 0 Å². The molecule has 2 heterocycles. The van der Waals surface area contributed by atoms with E-state index in [2.05, 4.69) is 16.0 Å². The van der Waals surface area contributed by atoms with Crippen LogP contribution < -0.4 is 4.90 Å². The summed E-state index contributed by atoms with van der Waals surface area (Å²) in [6.07, 6.45) is 1.56. The maximum absolute atomic E-state index is 12.9. The number of amides is 1. The first-order valence-electron chi connectivity index (χ1n) is 11.1. The number of pyridine rings is 1. The van der Waals surface area contributed by atoms with Crippen LogP contribution in [0, 0.1) is 0 Å². The lowest BCUT2D eigenvalue weighted by Gasteiger charge is -2.42. The van der Waals surface area contributed by atoms with Crippen molar-refractivity contribution in [2.24, 2.45) is 0 Å².